The smallest absolute Gasteiger partial charge is 0.310 e. The van der Waals surface area contributed by atoms with Crippen LogP contribution in [0, 0.1) is 0 Å². The van der Waals surface area contributed by atoms with Crippen LogP contribution in [-0.2, 0) is 11.3 Å². The van der Waals surface area contributed by atoms with Gasteiger partial charge in [-0.1, -0.05) is 29.5 Å². The van der Waals surface area contributed by atoms with Gasteiger partial charge in [0.15, 0.2) is 0 Å². The SMILES string of the molecule is O=C([O-])CCCn1c(O)c(/C=C2\C=Nc3ccccc32)sc1=O. The molecule has 0 spiro atoms. The van der Waals surface area contributed by atoms with Crippen LogP contribution in [-0.4, -0.2) is 21.9 Å². The van der Waals surface area contributed by atoms with Crippen molar-refractivity contribution in [2.24, 2.45) is 4.99 Å². The van der Waals surface area contributed by atoms with E-state index in [1.54, 1.807) is 12.3 Å². The molecule has 1 aromatic heterocycles. The number of carbonyl (C=O) groups is 1. The van der Waals surface area contributed by atoms with Gasteiger partial charge in [0.1, 0.15) is 0 Å². The van der Waals surface area contributed by atoms with Crippen LogP contribution in [0.1, 0.15) is 23.3 Å². The van der Waals surface area contributed by atoms with Crippen LogP contribution in [0.4, 0.5) is 5.69 Å². The maximum Gasteiger partial charge on any atom is 0.310 e. The largest absolute Gasteiger partial charge is 0.550 e. The van der Waals surface area contributed by atoms with Gasteiger partial charge in [0.05, 0.1) is 10.6 Å². The minimum atomic E-state index is -1.17. The molecule has 0 bridgehead atoms. The van der Waals surface area contributed by atoms with Crippen molar-refractivity contribution in [2.45, 2.75) is 19.4 Å². The van der Waals surface area contributed by atoms with E-state index in [0.29, 0.717) is 4.88 Å². The molecule has 7 heteroatoms. The van der Waals surface area contributed by atoms with Gasteiger partial charge in [-0.05, 0) is 25.0 Å². The van der Waals surface area contributed by atoms with E-state index in [1.165, 1.54) is 4.57 Å². The van der Waals surface area contributed by atoms with E-state index in [-0.39, 0.29) is 30.1 Å². The summed E-state index contributed by atoms with van der Waals surface area (Å²) in [5.41, 5.74) is 2.61. The number of aliphatic carboxylic acids is 1. The summed E-state index contributed by atoms with van der Waals surface area (Å²) in [4.78, 5) is 26.8. The standard InChI is InChI=1S/C16H14N2O4S/c19-14(20)6-3-7-18-15(21)13(23-16(18)22)8-10-9-17-12-5-2-1-4-11(10)12/h1-2,4-5,8-9,21H,3,6-7H2,(H,19,20)/p-1/b10-8+. The fourth-order valence-corrected chi connectivity index (χ4v) is 3.25. The Morgan fingerprint density at radius 1 is 1.39 bits per heavy atom. The number of hydrogen-bond donors (Lipinski definition) is 1. The van der Waals surface area contributed by atoms with Crippen LogP contribution in [0.15, 0.2) is 34.1 Å². The first-order valence-corrected chi connectivity index (χ1v) is 7.85. The summed E-state index contributed by atoms with van der Waals surface area (Å²) in [6.45, 7) is 0.142. The third-order valence-corrected chi connectivity index (χ3v) is 4.42. The zero-order valence-corrected chi connectivity index (χ0v) is 12.9. The van der Waals surface area contributed by atoms with Crippen molar-refractivity contribution >= 4 is 40.9 Å². The van der Waals surface area contributed by atoms with Gasteiger partial charge in [0.2, 0.25) is 5.88 Å². The molecule has 0 aliphatic carbocycles. The molecule has 0 atom stereocenters. The van der Waals surface area contributed by atoms with E-state index in [9.17, 15) is 19.8 Å². The lowest BCUT2D eigenvalue weighted by molar-refractivity contribution is -0.305. The third-order valence-electron chi connectivity index (χ3n) is 3.50. The molecule has 0 saturated heterocycles. The van der Waals surface area contributed by atoms with Crippen molar-refractivity contribution in [3.8, 4) is 5.88 Å². The highest BCUT2D eigenvalue weighted by molar-refractivity contribution is 7.10. The second-order valence-electron chi connectivity index (χ2n) is 5.06. The molecule has 118 valence electrons. The molecule has 2 heterocycles. The molecular weight excluding hydrogens is 316 g/mol. The second kappa shape index (κ2) is 6.21. The van der Waals surface area contributed by atoms with E-state index in [2.05, 4.69) is 4.99 Å². The number of nitrogens with zero attached hydrogens (tertiary/aromatic N) is 2. The highest BCUT2D eigenvalue weighted by Gasteiger charge is 2.16. The van der Waals surface area contributed by atoms with E-state index < -0.39 is 5.97 Å². The van der Waals surface area contributed by atoms with Gasteiger partial charge in [-0.25, -0.2) is 0 Å². The quantitative estimate of drug-likeness (QED) is 0.897. The number of carboxylic acid groups (broad SMARTS) is 1. The lowest BCUT2D eigenvalue weighted by Crippen LogP contribution is -2.23. The number of aliphatic imine (C=N–C) groups is 1. The van der Waals surface area contributed by atoms with E-state index in [0.717, 1.165) is 28.2 Å². The van der Waals surface area contributed by atoms with Crippen molar-refractivity contribution < 1.29 is 15.0 Å². The summed E-state index contributed by atoms with van der Waals surface area (Å²) in [7, 11) is 0. The predicted molar refractivity (Wildman–Crippen MR) is 86.9 cm³/mol. The average Bonchev–Trinajstić information content (AvgIpc) is 3.04. The highest BCUT2D eigenvalue weighted by atomic mass is 32.1. The summed E-state index contributed by atoms with van der Waals surface area (Å²) in [5, 5.41) is 20.6. The summed E-state index contributed by atoms with van der Waals surface area (Å²) in [5.74, 6) is -1.32. The Hall–Kier alpha value is -2.67. The first kappa shape index (κ1) is 15.2. The Morgan fingerprint density at radius 2 is 2.17 bits per heavy atom. The van der Waals surface area contributed by atoms with Crippen molar-refractivity contribution in [1.82, 2.24) is 4.57 Å². The lowest BCUT2D eigenvalue weighted by Gasteiger charge is -2.04. The van der Waals surface area contributed by atoms with Gasteiger partial charge >= 0.3 is 4.87 Å². The molecule has 6 nitrogen and oxygen atoms in total. The van der Waals surface area contributed by atoms with Crippen LogP contribution in [0.5, 0.6) is 5.88 Å². The molecule has 0 radical (unpaired) electrons. The Labute approximate surface area is 135 Å². The summed E-state index contributed by atoms with van der Waals surface area (Å²) in [6, 6.07) is 7.60. The van der Waals surface area contributed by atoms with Gasteiger partial charge in [0.25, 0.3) is 0 Å². The number of fused-ring (bicyclic) bond motifs is 1. The summed E-state index contributed by atoms with van der Waals surface area (Å²) < 4.78 is 1.18. The highest BCUT2D eigenvalue weighted by Crippen LogP contribution is 2.34. The zero-order valence-electron chi connectivity index (χ0n) is 12.1. The van der Waals surface area contributed by atoms with Crippen LogP contribution < -0.4 is 9.98 Å². The van der Waals surface area contributed by atoms with Crippen molar-refractivity contribution in [3.63, 3.8) is 0 Å². The Kier molecular flexibility index (Phi) is 4.12. The maximum absolute atomic E-state index is 12.0. The molecule has 0 unspecified atom stereocenters. The molecule has 1 N–H and O–H groups in total. The molecule has 0 fully saturated rings. The fourth-order valence-electron chi connectivity index (χ4n) is 2.38. The molecular formula is C16H13N2O4S-. The minimum Gasteiger partial charge on any atom is -0.550 e. The first-order chi connectivity index (χ1) is 11.1. The normalized spacial score (nSPS) is 14.3. The average molecular weight is 329 g/mol. The monoisotopic (exact) mass is 329 g/mol. The number of para-hydroxylation sites is 1. The minimum absolute atomic E-state index is 0.142. The number of carboxylic acids is 1. The number of aromatic hydroxyl groups is 1. The number of aromatic nitrogens is 1. The van der Waals surface area contributed by atoms with Gasteiger partial charge in [0, 0.05) is 29.9 Å². The number of rotatable bonds is 5. The number of benzene rings is 1. The Bertz CT molecular complexity index is 876. The summed E-state index contributed by atoms with van der Waals surface area (Å²) in [6.07, 6.45) is 3.48. The van der Waals surface area contributed by atoms with Gasteiger partial charge in [-0.15, -0.1) is 0 Å². The van der Waals surface area contributed by atoms with E-state index in [1.807, 2.05) is 24.3 Å². The fraction of sp³-hybridized carbons (Fsp3) is 0.188. The number of carbonyl (C=O) groups excluding carboxylic acids is 1. The van der Waals surface area contributed by atoms with Crippen molar-refractivity contribution in [2.75, 3.05) is 0 Å². The van der Waals surface area contributed by atoms with Crippen LogP contribution in [0.2, 0.25) is 0 Å². The topological polar surface area (TPSA) is 94.7 Å². The molecule has 2 aromatic rings. The van der Waals surface area contributed by atoms with Crippen LogP contribution >= 0.6 is 11.3 Å². The van der Waals surface area contributed by atoms with Gasteiger partial charge in [-0.3, -0.25) is 14.4 Å². The molecule has 0 saturated carbocycles. The molecule has 23 heavy (non-hydrogen) atoms. The Balaban J connectivity index is 1.88. The van der Waals surface area contributed by atoms with E-state index in [4.69, 9.17) is 0 Å². The van der Waals surface area contributed by atoms with Crippen molar-refractivity contribution in [1.29, 1.82) is 0 Å². The lowest BCUT2D eigenvalue weighted by atomic mass is 10.1. The van der Waals surface area contributed by atoms with Crippen LogP contribution in [0.3, 0.4) is 0 Å². The maximum atomic E-state index is 12.0. The number of thiazole rings is 1. The zero-order chi connectivity index (χ0) is 16.4. The molecule has 1 aromatic carbocycles. The second-order valence-corrected chi connectivity index (χ2v) is 6.05. The third kappa shape index (κ3) is 3.09. The number of hydrogen-bond acceptors (Lipinski definition) is 6. The first-order valence-electron chi connectivity index (χ1n) is 7.04. The molecule has 3 rings (SSSR count). The van der Waals surface area contributed by atoms with E-state index >= 15 is 0 Å². The van der Waals surface area contributed by atoms with Gasteiger partial charge in [-0.2, -0.15) is 0 Å². The predicted octanol–water partition coefficient (Wildman–Crippen LogP) is 1.40. The Morgan fingerprint density at radius 3 is 2.96 bits per heavy atom. The molecule has 1 aliphatic rings. The van der Waals surface area contributed by atoms with Crippen molar-refractivity contribution in [3.05, 3.63) is 44.4 Å². The summed E-state index contributed by atoms with van der Waals surface area (Å²) >= 11 is 0.918. The molecule has 0 amide bonds. The van der Waals surface area contributed by atoms with Crippen LogP contribution in [0.25, 0.3) is 11.6 Å². The van der Waals surface area contributed by atoms with Gasteiger partial charge < -0.3 is 15.0 Å². The number of allylic oxidation sites excluding steroid dienone is 1. The molecule has 1 aliphatic heterocycles.